The third-order valence-corrected chi connectivity index (χ3v) is 4.74. The van der Waals surface area contributed by atoms with Gasteiger partial charge in [0, 0.05) is 11.8 Å². The molecule has 0 aromatic heterocycles. The Morgan fingerprint density at radius 1 is 1.04 bits per heavy atom. The van der Waals surface area contributed by atoms with Crippen LogP contribution in [0.1, 0.15) is 35.7 Å². The molecule has 0 saturated heterocycles. The molecule has 2 aromatic rings. The first kappa shape index (κ1) is 21.2. The summed E-state index contributed by atoms with van der Waals surface area (Å²) in [5.74, 6) is -4.58. The largest absolute Gasteiger partial charge is 0.504 e. The second-order valence-electron chi connectivity index (χ2n) is 6.61. The number of aliphatic carboxylic acids is 1. The lowest BCUT2D eigenvalue weighted by Gasteiger charge is -2.31. The van der Waals surface area contributed by atoms with Crippen molar-refractivity contribution in [2.45, 2.75) is 31.9 Å². The summed E-state index contributed by atoms with van der Waals surface area (Å²) >= 11 is 0. The van der Waals surface area contributed by atoms with E-state index in [1.54, 1.807) is 13.8 Å². The predicted molar refractivity (Wildman–Crippen MR) is 98.6 cm³/mol. The van der Waals surface area contributed by atoms with Crippen molar-refractivity contribution >= 4 is 11.9 Å². The minimum Gasteiger partial charge on any atom is -0.504 e. The van der Waals surface area contributed by atoms with E-state index in [-0.39, 0.29) is 11.3 Å². The number of halogens is 1. The van der Waals surface area contributed by atoms with Gasteiger partial charge in [0.2, 0.25) is 0 Å². The SMILES string of the molecule is CC(OC(=O)c1ccc(F)cc1)C(C)C(c1ccc(O)c(O)c1)[C@H](N)C(=O)O. The minimum absolute atomic E-state index is 0.154. The van der Waals surface area contributed by atoms with E-state index in [2.05, 4.69) is 0 Å². The van der Waals surface area contributed by atoms with Crippen molar-refractivity contribution < 1.29 is 34.0 Å². The van der Waals surface area contributed by atoms with Crippen LogP contribution in [0, 0.1) is 11.7 Å². The van der Waals surface area contributed by atoms with E-state index in [9.17, 15) is 29.3 Å². The van der Waals surface area contributed by atoms with Crippen molar-refractivity contribution in [3.05, 3.63) is 59.4 Å². The van der Waals surface area contributed by atoms with Crippen molar-refractivity contribution in [3.8, 4) is 11.5 Å². The Labute approximate surface area is 161 Å². The first-order chi connectivity index (χ1) is 13.1. The lowest BCUT2D eigenvalue weighted by atomic mass is 9.79. The predicted octanol–water partition coefficient (Wildman–Crippen LogP) is 2.61. The number of phenols is 2. The number of esters is 1. The summed E-state index contributed by atoms with van der Waals surface area (Å²) in [4.78, 5) is 23.8. The Bertz CT molecular complexity index is 854. The van der Waals surface area contributed by atoms with Crippen molar-refractivity contribution in [1.29, 1.82) is 0 Å². The molecule has 4 atom stereocenters. The molecule has 0 amide bonds. The zero-order valence-electron chi connectivity index (χ0n) is 15.4. The highest BCUT2D eigenvalue weighted by Crippen LogP contribution is 2.35. The Morgan fingerprint density at radius 2 is 1.64 bits per heavy atom. The molecule has 5 N–H and O–H groups in total. The van der Waals surface area contributed by atoms with Crippen LogP contribution < -0.4 is 5.73 Å². The van der Waals surface area contributed by atoms with Crippen molar-refractivity contribution in [1.82, 2.24) is 0 Å². The van der Waals surface area contributed by atoms with Crippen LogP contribution >= 0.6 is 0 Å². The average molecular weight is 391 g/mol. The lowest BCUT2D eigenvalue weighted by molar-refractivity contribution is -0.139. The van der Waals surface area contributed by atoms with Gasteiger partial charge in [-0.25, -0.2) is 9.18 Å². The highest BCUT2D eigenvalue weighted by molar-refractivity contribution is 5.89. The van der Waals surface area contributed by atoms with Crippen molar-refractivity contribution in [2.75, 3.05) is 0 Å². The summed E-state index contributed by atoms with van der Waals surface area (Å²) in [6.45, 7) is 3.26. The summed E-state index contributed by atoms with van der Waals surface area (Å²) in [5.41, 5.74) is 6.38. The van der Waals surface area contributed by atoms with Crippen LogP contribution in [-0.2, 0) is 9.53 Å². The number of rotatable bonds is 7. The molecule has 0 aliphatic heterocycles. The second kappa shape index (κ2) is 8.71. The number of aromatic hydroxyl groups is 2. The van der Waals surface area contributed by atoms with Gasteiger partial charge in [-0.3, -0.25) is 4.79 Å². The summed E-state index contributed by atoms with van der Waals surface area (Å²) in [7, 11) is 0. The van der Waals surface area contributed by atoms with Gasteiger partial charge < -0.3 is 25.8 Å². The van der Waals surface area contributed by atoms with E-state index in [0.717, 1.165) is 12.1 Å². The number of carbonyl (C=O) groups is 2. The Morgan fingerprint density at radius 3 is 2.18 bits per heavy atom. The van der Waals surface area contributed by atoms with E-state index in [4.69, 9.17) is 10.5 Å². The quantitative estimate of drug-likeness (QED) is 0.422. The first-order valence-corrected chi connectivity index (χ1v) is 8.58. The maximum absolute atomic E-state index is 13.0. The van der Waals surface area contributed by atoms with E-state index in [1.165, 1.54) is 30.3 Å². The van der Waals surface area contributed by atoms with Gasteiger partial charge in [-0.15, -0.1) is 0 Å². The van der Waals surface area contributed by atoms with Crippen LogP contribution in [0.3, 0.4) is 0 Å². The number of benzene rings is 2. The van der Waals surface area contributed by atoms with E-state index in [0.29, 0.717) is 5.56 Å². The number of carbonyl (C=O) groups excluding carboxylic acids is 1. The van der Waals surface area contributed by atoms with Crippen LogP contribution in [0.25, 0.3) is 0 Å². The molecular formula is C20H22FNO6. The molecule has 0 aliphatic carbocycles. The van der Waals surface area contributed by atoms with Crippen molar-refractivity contribution in [3.63, 3.8) is 0 Å². The van der Waals surface area contributed by atoms with Gasteiger partial charge in [-0.1, -0.05) is 13.0 Å². The van der Waals surface area contributed by atoms with Gasteiger partial charge in [-0.2, -0.15) is 0 Å². The van der Waals surface area contributed by atoms with Gasteiger partial charge in [-0.05, 0) is 48.9 Å². The number of hydrogen-bond donors (Lipinski definition) is 4. The molecule has 7 nitrogen and oxygen atoms in total. The van der Waals surface area contributed by atoms with Gasteiger partial charge in [0.15, 0.2) is 11.5 Å². The number of ether oxygens (including phenoxy) is 1. The molecule has 0 heterocycles. The Hall–Kier alpha value is -3.13. The molecular weight excluding hydrogens is 369 g/mol. The smallest absolute Gasteiger partial charge is 0.338 e. The monoisotopic (exact) mass is 391 g/mol. The molecule has 0 radical (unpaired) electrons. The van der Waals surface area contributed by atoms with Crippen molar-refractivity contribution in [2.24, 2.45) is 11.7 Å². The normalized spacial score (nSPS) is 15.3. The second-order valence-corrected chi connectivity index (χ2v) is 6.61. The highest BCUT2D eigenvalue weighted by Gasteiger charge is 2.35. The van der Waals surface area contributed by atoms with E-state index in [1.807, 2.05) is 0 Å². The number of phenolic OH excluding ortho intramolecular Hbond substituents is 2. The molecule has 0 saturated carbocycles. The maximum Gasteiger partial charge on any atom is 0.338 e. The molecule has 0 aliphatic rings. The van der Waals surface area contributed by atoms with Crippen LogP contribution in [0.15, 0.2) is 42.5 Å². The molecule has 2 aromatic carbocycles. The summed E-state index contributed by atoms with van der Waals surface area (Å²) in [6.07, 6.45) is -0.746. The summed E-state index contributed by atoms with van der Waals surface area (Å²) in [6, 6.07) is 7.40. The topological polar surface area (TPSA) is 130 Å². The zero-order valence-corrected chi connectivity index (χ0v) is 15.4. The Balaban J connectivity index is 2.26. The zero-order chi connectivity index (χ0) is 21.0. The summed E-state index contributed by atoms with van der Waals surface area (Å²) < 4.78 is 18.4. The fourth-order valence-corrected chi connectivity index (χ4v) is 2.96. The number of nitrogens with two attached hydrogens (primary N) is 1. The van der Waals surface area contributed by atoms with Crippen LogP contribution in [-0.4, -0.2) is 39.4 Å². The van der Waals surface area contributed by atoms with Crippen LogP contribution in [0.5, 0.6) is 11.5 Å². The van der Waals surface area contributed by atoms with Crippen LogP contribution in [0.2, 0.25) is 0 Å². The maximum atomic E-state index is 13.0. The standard InChI is InChI=1S/C20H22FNO6/c1-10(11(2)28-20(27)12-3-6-14(21)7-4-12)17(18(22)19(25)26)13-5-8-15(23)16(24)9-13/h3-11,17-18,23-24H,22H2,1-2H3,(H,25,26)/t10?,11?,17?,18-/m0/s1. The van der Waals surface area contributed by atoms with Gasteiger partial charge in [0.05, 0.1) is 5.56 Å². The third kappa shape index (κ3) is 4.77. The first-order valence-electron chi connectivity index (χ1n) is 8.58. The molecule has 0 spiro atoms. The number of hydrogen-bond acceptors (Lipinski definition) is 6. The fraction of sp³-hybridized carbons (Fsp3) is 0.300. The molecule has 2 rings (SSSR count). The van der Waals surface area contributed by atoms with E-state index >= 15 is 0 Å². The fourth-order valence-electron chi connectivity index (χ4n) is 2.96. The van der Waals surface area contributed by atoms with E-state index < -0.39 is 47.5 Å². The molecule has 8 heteroatoms. The molecule has 0 fully saturated rings. The average Bonchev–Trinajstić information content (AvgIpc) is 2.64. The molecule has 28 heavy (non-hydrogen) atoms. The van der Waals surface area contributed by atoms with Gasteiger partial charge >= 0.3 is 11.9 Å². The van der Waals surface area contributed by atoms with Crippen LogP contribution in [0.4, 0.5) is 4.39 Å². The van der Waals surface area contributed by atoms with Gasteiger partial charge in [0.25, 0.3) is 0 Å². The third-order valence-electron chi connectivity index (χ3n) is 4.74. The molecule has 3 unspecified atom stereocenters. The number of carboxylic acids is 1. The number of carboxylic acid groups (broad SMARTS) is 1. The minimum atomic E-state index is -1.34. The lowest BCUT2D eigenvalue weighted by Crippen LogP contribution is -2.42. The highest BCUT2D eigenvalue weighted by atomic mass is 19.1. The molecule has 0 bridgehead atoms. The molecule has 150 valence electrons. The summed E-state index contributed by atoms with van der Waals surface area (Å²) in [5, 5.41) is 28.6. The Kier molecular flexibility index (Phi) is 6.58. The van der Waals surface area contributed by atoms with Gasteiger partial charge in [0.1, 0.15) is 18.0 Å².